The summed E-state index contributed by atoms with van der Waals surface area (Å²) in [7, 11) is 0. The van der Waals surface area contributed by atoms with E-state index in [-0.39, 0.29) is 0 Å². The first-order valence-electron chi connectivity index (χ1n) is 11.8. The molecular formula is C34H22. The van der Waals surface area contributed by atoms with Crippen LogP contribution in [0.1, 0.15) is 0 Å². The van der Waals surface area contributed by atoms with E-state index in [9.17, 15) is 0 Å². The highest BCUT2D eigenvalue weighted by molar-refractivity contribution is 6.18. The van der Waals surface area contributed by atoms with Gasteiger partial charge in [0.2, 0.25) is 0 Å². The van der Waals surface area contributed by atoms with Gasteiger partial charge in [0.25, 0.3) is 0 Å². The van der Waals surface area contributed by atoms with Crippen molar-refractivity contribution in [3.63, 3.8) is 0 Å². The van der Waals surface area contributed by atoms with Crippen LogP contribution in [-0.4, -0.2) is 0 Å². The summed E-state index contributed by atoms with van der Waals surface area (Å²) < 4.78 is 0. The normalized spacial score (nSPS) is 11.5. The lowest BCUT2D eigenvalue weighted by Crippen LogP contribution is -1.91. The Morgan fingerprint density at radius 3 is 1.62 bits per heavy atom. The molecule has 7 aromatic rings. The van der Waals surface area contributed by atoms with Gasteiger partial charge in [0.1, 0.15) is 0 Å². The van der Waals surface area contributed by atoms with E-state index < -0.39 is 0 Å². The van der Waals surface area contributed by atoms with Crippen LogP contribution in [0.15, 0.2) is 133 Å². The number of hydrogen-bond donors (Lipinski definition) is 0. The van der Waals surface area contributed by atoms with Crippen molar-refractivity contribution in [2.75, 3.05) is 0 Å². The Hall–Kier alpha value is -4.42. The van der Waals surface area contributed by atoms with Gasteiger partial charge in [0.15, 0.2) is 0 Å². The van der Waals surface area contributed by atoms with E-state index in [1.165, 1.54) is 65.3 Å². The third kappa shape index (κ3) is 2.86. The smallest absolute Gasteiger partial charge is 0.00204 e. The Morgan fingerprint density at radius 2 is 0.824 bits per heavy atom. The van der Waals surface area contributed by atoms with Gasteiger partial charge in [0, 0.05) is 0 Å². The van der Waals surface area contributed by atoms with Crippen molar-refractivity contribution < 1.29 is 0 Å². The molecule has 0 aromatic heterocycles. The minimum atomic E-state index is 1.26. The number of fused-ring (bicyclic) bond motifs is 5. The zero-order valence-electron chi connectivity index (χ0n) is 18.7. The Kier molecular flexibility index (Phi) is 4.25. The van der Waals surface area contributed by atoms with Crippen molar-refractivity contribution >= 4 is 43.1 Å². The maximum Gasteiger partial charge on any atom is -0.00204 e. The molecule has 0 nitrogen and oxygen atoms in total. The first kappa shape index (κ1) is 19.1. The van der Waals surface area contributed by atoms with Gasteiger partial charge in [-0.25, -0.2) is 0 Å². The van der Waals surface area contributed by atoms with E-state index in [2.05, 4.69) is 133 Å². The molecule has 0 aliphatic heterocycles. The van der Waals surface area contributed by atoms with Gasteiger partial charge in [0.05, 0.1) is 0 Å². The predicted octanol–water partition coefficient (Wildman–Crippen LogP) is 9.63. The van der Waals surface area contributed by atoms with Gasteiger partial charge in [-0.3, -0.25) is 0 Å². The monoisotopic (exact) mass is 430 g/mol. The molecule has 0 aliphatic carbocycles. The minimum absolute atomic E-state index is 1.26. The average Bonchev–Trinajstić information content (AvgIpc) is 2.92. The molecule has 0 saturated carbocycles. The van der Waals surface area contributed by atoms with Crippen LogP contribution in [0.25, 0.3) is 65.3 Å². The average molecular weight is 431 g/mol. The van der Waals surface area contributed by atoms with Gasteiger partial charge in [-0.1, -0.05) is 127 Å². The first-order valence-corrected chi connectivity index (χ1v) is 11.8. The molecule has 0 fully saturated rings. The zero-order chi connectivity index (χ0) is 22.5. The van der Waals surface area contributed by atoms with E-state index >= 15 is 0 Å². The molecule has 158 valence electrons. The number of hydrogen-bond acceptors (Lipinski definition) is 0. The Balaban J connectivity index is 1.67. The van der Waals surface area contributed by atoms with Crippen molar-refractivity contribution in [2.24, 2.45) is 0 Å². The second kappa shape index (κ2) is 7.57. The van der Waals surface area contributed by atoms with E-state index in [4.69, 9.17) is 0 Å². The molecule has 0 N–H and O–H groups in total. The van der Waals surface area contributed by atoms with Gasteiger partial charge in [-0.05, 0) is 71.4 Å². The Morgan fingerprint density at radius 1 is 0.265 bits per heavy atom. The topological polar surface area (TPSA) is 0 Å². The standard InChI is InChI=1S/C34H22/c1-4-14-26-23(10-1)13-9-19-31(26)34-28-16-6-2-11-24(28)20-21-32(34)33-22-25-12-3-5-15-27(25)29-17-7-8-18-30(29)33/h1-22H. The van der Waals surface area contributed by atoms with Gasteiger partial charge >= 0.3 is 0 Å². The van der Waals surface area contributed by atoms with Crippen LogP contribution in [-0.2, 0) is 0 Å². The summed E-state index contributed by atoms with van der Waals surface area (Å²) in [6.45, 7) is 0. The second-order valence-corrected chi connectivity index (χ2v) is 8.93. The number of benzene rings is 7. The highest BCUT2D eigenvalue weighted by atomic mass is 14.2. The lowest BCUT2D eigenvalue weighted by Gasteiger charge is -2.18. The molecule has 7 aromatic carbocycles. The highest BCUT2D eigenvalue weighted by Gasteiger charge is 2.17. The van der Waals surface area contributed by atoms with E-state index in [1.54, 1.807) is 0 Å². The van der Waals surface area contributed by atoms with Crippen LogP contribution < -0.4 is 0 Å². The van der Waals surface area contributed by atoms with Gasteiger partial charge < -0.3 is 0 Å². The molecule has 0 unspecified atom stereocenters. The molecule has 0 radical (unpaired) electrons. The summed E-state index contributed by atoms with van der Waals surface area (Å²) in [5.41, 5.74) is 5.14. The SMILES string of the molecule is c1ccc2c(-c3c(-c4cc5ccccc5c5ccccc45)ccc4ccccc34)cccc2c1. The van der Waals surface area contributed by atoms with Crippen molar-refractivity contribution in [3.05, 3.63) is 133 Å². The van der Waals surface area contributed by atoms with Crippen LogP contribution in [0.2, 0.25) is 0 Å². The molecular weight excluding hydrogens is 408 g/mol. The summed E-state index contributed by atoms with van der Waals surface area (Å²) in [6.07, 6.45) is 0. The van der Waals surface area contributed by atoms with Crippen LogP contribution in [0.3, 0.4) is 0 Å². The van der Waals surface area contributed by atoms with Crippen molar-refractivity contribution in [1.29, 1.82) is 0 Å². The highest BCUT2D eigenvalue weighted by Crippen LogP contribution is 2.44. The molecule has 0 aliphatic rings. The Labute approximate surface area is 198 Å². The van der Waals surface area contributed by atoms with E-state index in [1.807, 2.05) is 0 Å². The fourth-order valence-corrected chi connectivity index (χ4v) is 5.51. The third-order valence-electron chi connectivity index (χ3n) is 7.05. The molecule has 0 amide bonds. The van der Waals surface area contributed by atoms with E-state index in [0.717, 1.165) is 0 Å². The quantitative estimate of drug-likeness (QED) is 0.239. The van der Waals surface area contributed by atoms with Crippen molar-refractivity contribution in [1.82, 2.24) is 0 Å². The fourth-order valence-electron chi connectivity index (χ4n) is 5.51. The maximum atomic E-state index is 2.37. The largest absolute Gasteiger partial charge is 0.0616 e. The maximum absolute atomic E-state index is 2.37. The summed E-state index contributed by atoms with van der Waals surface area (Å²) in [4.78, 5) is 0. The van der Waals surface area contributed by atoms with E-state index in [0.29, 0.717) is 0 Å². The molecule has 0 spiro atoms. The third-order valence-corrected chi connectivity index (χ3v) is 7.05. The lowest BCUT2D eigenvalue weighted by molar-refractivity contribution is 1.66. The summed E-state index contributed by atoms with van der Waals surface area (Å²) in [5.74, 6) is 0. The zero-order valence-corrected chi connectivity index (χ0v) is 18.7. The lowest BCUT2D eigenvalue weighted by atomic mass is 9.85. The van der Waals surface area contributed by atoms with Gasteiger partial charge in [-0.2, -0.15) is 0 Å². The summed E-state index contributed by atoms with van der Waals surface area (Å²) in [6, 6.07) is 48.6. The van der Waals surface area contributed by atoms with Crippen LogP contribution in [0.4, 0.5) is 0 Å². The molecule has 0 heteroatoms. The second-order valence-electron chi connectivity index (χ2n) is 8.93. The Bertz CT molecular complexity index is 1850. The molecule has 0 atom stereocenters. The minimum Gasteiger partial charge on any atom is -0.0616 e. The van der Waals surface area contributed by atoms with Crippen LogP contribution in [0.5, 0.6) is 0 Å². The number of rotatable bonds is 2. The summed E-state index contributed by atoms with van der Waals surface area (Å²) in [5, 5.41) is 10.3. The van der Waals surface area contributed by atoms with Crippen molar-refractivity contribution in [2.45, 2.75) is 0 Å². The molecule has 0 bridgehead atoms. The molecule has 0 heterocycles. The van der Waals surface area contributed by atoms with Crippen LogP contribution >= 0.6 is 0 Å². The molecule has 7 rings (SSSR count). The fraction of sp³-hybridized carbons (Fsp3) is 0. The van der Waals surface area contributed by atoms with Crippen molar-refractivity contribution in [3.8, 4) is 22.3 Å². The summed E-state index contributed by atoms with van der Waals surface area (Å²) >= 11 is 0. The van der Waals surface area contributed by atoms with Gasteiger partial charge in [-0.15, -0.1) is 0 Å². The first-order chi connectivity index (χ1) is 16.9. The molecule has 34 heavy (non-hydrogen) atoms. The van der Waals surface area contributed by atoms with Crippen LogP contribution in [0, 0.1) is 0 Å². The molecule has 0 saturated heterocycles. The predicted molar refractivity (Wildman–Crippen MR) is 147 cm³/mol.